The van der Waals surface area contributed by atoms with Crippen molar-refractivity contribution < 1.29 is 14.3 Å². The summed E-state index contributed by atoms with van der Waals surface area (Å²) in [5.41, 5.74) is 2.01. The summed E-state index contributed by atoms with van der Waals surface area (Å²) >= 11 is 0. The maximum atomic E-state index is 12.1. The molecule has 23 heavy (non-hydrogen) atoms. The molecule has 0 N–H and O–H groups in total. The molecule has 2 aromatic rings. The molecule has 0 amide bonds. The SMILES string of the molecule is CC#CCCn1nc(C)c(OCc2ccccc2)c1C(=O)OC. The van der Waals surface area contributed by atoms with Crippen molar-refractivity contribution in [3.63, 3.8) is 0 Å². The molecular weight excluding hydrogens is 292 g/mol. The summed E-state index contributed by atoms with van der Waals surface area (Å²) in [6.45, 7) is 4.48. The first-order valence-electron chi connectivity index (χ1n) is 7.39. The van der Waals surface area contributed by atoms with E-state index in [4.69, 9.17) is 9.47 Å². The van der Waals surface area contributed by atoms with Crippen molar-refractivity contribution in [3.8, 4) is 17.6 Å². The van der Waals surface area contributed by atoms with Crippen molar-refractivity contribution >= 4 is 5.97 Å². The molecule has 1 aromatic heterocycles. The van der Waals surface area contributed by atoms with Crippen molar-refractivity contribution in [2.24, 2.45) is 0 Å². The Hall–Kier alpha value is -2.74. The molecule has 0 unspecified atom stereocenters. The van der Waals surface area contributed by atoms with Gasteiger partial charge in [0, 0.05) is 6.42 Å². The zero-order valence-electron chi connectivity index (χ0n) is 13.6. The lowest BCUT2D eigenvalue weighted by molar-refractivity contribution is 0.0581. The van der Waals surface area contributed by atoms with Crippen LogP contribution in [0.5, 0.6) is 5.75 Å². The van der Waals surface area contributed by atoms with E-state index in [1.807, 2.05) is 37.3 Å². The first-order valence-corrected chi connectivity index (χ1v) is 7.39. The Morgan fingerprint density at radius 1 is 1.30 bits per heavy atom. The summed E-state index contributed by atoms with van der Waals surface area (Å²) in [5, 5.41) is 4.39. The summed E-state index contributed by atoms with van der Waals surface area (Å²) < 4.78 is 12.3. The number of rotatable bonds is 6. The van der Waals surface area contributed by atoms with E-state index in [0.717, 1.165) is 5.56 Å². The average Bonchev–Trinajstić information content (AvgIpc) is 2.89. The van der Waals surface area contributed by atoms with Crippen LogP contribution in [0.25, 0.3) is 0 Å². The summed E-state index contributed by atoms with van der Waals surface area (Å²) in [4.78, 5) is 12.1. The van der Waals surface area contributed by atoms with Gasteiger partial charge in [-0.3, -0.25) is 4.68 Å². The van der Waals surface area contributed by atoms with Gasteiger partial charge in [0.05, 0.1) is 13.7 Å². The van der Waals surface area contributed by atoms with E-state index in [0.29, 0.717) is 36.7 Å². The minimum Gasteiger partial charge on any atom is -0.484 e. The van der Waals surface area contributed by atoms with Crippen LogP contribution < -0.4 is 4.74 Å². The van der Waals surface area contributed by atoms with Crippen LogP contribution in [0.2, 0.25) is 0 Å². The zero-order valence-corrected chi connectivity index (χ0v) is 13.6. The van der Waals surface area contributed by atoms with Crippen LogP contribution in [0.3, 0.4) is 0 Å². The number of aromatic nitrogens is 2. The van der Waals surface area contributed by atoms with Crippen LogP contribution in [-0.4, -0.2) is 22.9 Å². The number of carbonyl (C=O) groups excluding carboxylic acids is 1. The number of esters is 1. The van der Waals surface area contributed by atoms with Crippen molar-refractivity contribution in [2.75, 3.05) is 7.11 Å². The lowest BCUT2D eigenvalue weighted by atomic mass is 10.2. The predicted octanol–water partition coefficient (Wildman–Crippen LogP) is 2.97. The third-order valence-corrected chi connectivity index (χ3v) is 3.30. The first kappa shape index (κ1) is 16.6. The van der Waals surface area contributed by atoms with Crippen molar-refractivity contribution in [1.29, 1.82) is 0 Å². The molecule has 0 saturated carbocycles. The quantitative estimate of drug-likeness (QED) is 0.608. The van der Waals surface area contributed by atoms with Crippen LogP contribution in [0, 0.1) is 18.8 Å². The lowest BCUT2D eigenvalue weighted by Crippen LogP contribution is -2.13. The van der Waals surface area contributed by atoms with Crippen LogP contribution >= 0.6 is 0 Å². The van der Waals surface area contributed by atoms with Gasteiger partial charge in [0.25, 0.3) is 0 Å². The monoisotopic (exact) mass is 312 g/mol. The number of hydrogen-bond donors (Lipinski definition) is 0. The van der Waals surface area contributed by atoms with Gasteiger partial charge in [-0.05, 0) is 19.4 Å². The molecule has 0 aliphatic carbocycles. The Labute approximate surface area is 136 Å². The predicted molar refractivity (Wildman–Crippen MR) is 87.1 cm³/mol. The van der Waals surface area contributed by atoms with E-state index in [1.54, 1.807) is 11.6 Å². The molecule has 120 valence electrons. The zero-order chi connectivity index (χ0) is 16.7. The minimum absolute atomic E-state index is 0.332. The van der Waals surface area contributed by atoms with Crippen LogP contribution in [0.4, 0.5) is 0 Å². The highest BCUT2D eigenvalue weighted by molar-refractivity contribution is 5.91. The molecule has 2 rings (SSSR count). The molecular formula is C18H20N2O3. The van der Waals surface area contributed by atoms with Gasteiger partial charge in [-0.1, -0.05) is 30.3 Å². The number of methoxy groups -OCH3 is 1. The Morgan fingerprint density at radius 2 is 2.04 bits per heavy atom. The number of benzene rings is 1. The van der Waals surface area contributed by atoms with E-state index in [9.17, 15) is 4.79 Å². The highest BCUT2D eigenvalue weighted by Crippen LogP contribution is 2.25. The second kappa shape index (κ2) is 8.04. The lowest BCUT2D eigenvalue weighted by Gasteiger charge is -2.09. The second-order valence-corrected chi connectivity index (χ2v) is 4.93. The molecule has 5 heteroatoms. The molecule has 0 aliphatic rings. The molecule has 0 radical (unpaired) electrons. The van der Waals surface area contributed by atoms with Crippen LogP contribution in [0.1, 0.15) is 35.1 Å². The Morgan fingerprint density at radius 3 is 2.70 bits per heavy atom. The minimum atomic E-state index is -0.460. The van der Waals surface area contributed by atoms with Gasteiger partial charge in [-0.15, -0.1) is 11.8 Å². The van der Waals surface area contributed by atoms with Gasteiger partial charge in [-0.2, -0.15) is 5.10 Å². The fraction of sp³-hybridized carbons (Fsp3) is 0.333. The second-order valence-electron chi connectivity index (χ2n) is 4.93. The number of carbonyl (C=O) groups is 1. The molecule has 5 nitrogen and oxygen atoms in total. The number of ether oxygens (including phenoxy) is 2. The van der Waals surface area contributed by atoms with E-state index < -0.39 is 5.97 Å². The van der Waals surface area contributed by atoms with E-state index >= 15 is 0 Å². The molecule has 0 fully saturated rings. The fourth-order valence-electron chi connectivity index (χ4n) is 2.21. The van der Waals surface area contributed by atoms with Gasteiger partial charge in [0.1, 0.15) is 12.3 Å². The molecule has 0 aliphatic heterocycles. The molecule has 0 spiro atoms. The van der Waals surface area contributed by atoms with Gasteiger partial charge in [0.2, 0.25) is 0 Å². The van der Waals surface area contributed by atoms with E-state index in [2.05, 4.69) is 16.9 Å². The molecule has 0 atom stereocenters. The van der Waals surface area contributed by atoms with Crippen molar-refractivity contribution in [2.45, 2.75) is 33.4 Å². The average molecular weight is 312 g/mol. The molecule has 1 aromatic carbocycles. The van der Waals surface area contributed by atoms with Gasteiger partial charge < -0.3 is 9.47 Å². The largest absolute Gasteiger partial charge is 0.484 e. The summed E-state index contributed by atoms with van der Waals surface area (Å²) in [6.07, 6.45) is 0.611. The van der Waals surface area contributed by atoms with Gasteiger partial charge >= 0.3 is 5.97 Å². The van der Waals surface area contributed by atoms with Crippen molar-refractivity contribution in [1.82, 2.24) is 9.78 Å². The smallest absolute Gasteiger partial charge is 0.360 e. The normalized spacial score (nSPS) is 9.87. The maximum Gasteiger partial charge on any atom is 0.360 e. The molecule has 1 heterocycles. The van der Waals surface area contributed by atoms with Gasteiger partial charge in [-0.25, -0.2) is 4.79 Å². The first-order chi connectivity index (χ1) is 11.2. The Balaban J connectivity index is 2.25. The standard InChI is InChI=1S/C18H20N2O3/c1-4-5-9-12-20-16(18(21)22-3)17(14(2)19-20)23-13-15-10-7-6-8-11-15/h6-8,10-11H,9,12-13H2,1-3H3. The van der Waals surface area contributed by atoms with E-state index in [1.165, 1.54) is 7.11 Å². The number of hydrogen-bond acceptors (Lipinski definition) is 4. The van der Waals surface area contributed by atoms with E-state index in [-0.39, 0.29) is 0 Å². The van der Waals surface area contributed by atoms with Crippen LogP contribution in [0.15, 0.2) is 30.3 Å². The number of aryl methyl sites for hydroxylation is 2. The Bertz CT molecular complexity index is 724. The Kier molecular flexibility index (Phi) is 5.81. The summed E-state index contributed by atoms with van der Waals surface area (Å²) in [5.74, 6) is 5.80. The maximum absolute atomic E-state index is 12.1. The summed E-state index contributed by atoms with van der Waals surface area (Å²) in [6, 6.07) is 9.77. The fourth-order valence-corrected chi connectivity index (χ4v) is 2.21. The number of nitrogens with zero attached hydrogens (tertiary/aromatic N) is 2. The third kappa shape index (κ3) is 4.13. The topological polar surface area (TPSA) is 53.4 Å². The molecule has 0 bridgehead atoms. The highest BCUT2D eigenvalue weighted by atomic mass is 16.5. The summed E-state index contributed by atoms with van der Waals surface area (Å²) in [7, 11) is 1.35. The van der Waals surface area contributed by atoms with Gasteiger partial charge in [0.15, 0.2) is 11.4 Å². The molecule has 0 saturated heterocycles. The van der Waals surface area contributed by atoms with Crippen LogP contribution in [-0.2, 0) is 17.9 Å². The highest BCUT2D eigenvalue weighted by Gasteiger charge is 2.23. The third-order valence-electron chi connectivity index (χ3n) is 3.30. The van der Waals surface area contributed by atoms with Crippen molar-refractivity contribution in [3.05, 3.63) is 47.3 Å².